The first-order chi connectivity index (χ1) is 7.99. The Morgan fingerprint density at radius 3 is 2.76 bits per heavy atom. The number of rotatable bonds is 2. The number of hydrogen-bond donors (Lipinski definition) is 1. The molecule has 0 aromatic heterocycles. The van der Waals surface area contributed by atoms with Gasteiger partial charge in [-0.05, 0) is 40.0 Å². The fourth-order valence-electron chi connectivity index (χ4n) is 3.20. The summed E-state index contributed by atoms with van der Waals surface area (Å²) in [5.41, 5.74) is 0.517. The van der Waals surface area contributed by atoms with Crippen LogP contribution in [0.1, 0.15) is 47.0 Å². The van der Waals surface area contributed by atoms with E-state index >= 15 is 0 Å². The Morgan fingerprint density at radius 2 is 2.18 bits per heavy atom. The summed E-state index contributed by atoms with van der Waals surface area (Å²) >= 11 is 0. The quantitative estimate of drug-likeness (QED) is 0.799. The highest BCUT2D eigenvalue weighted by Gasteiger charge is 2.42. The van der Waals surface area contributed by atoms with Gasteiger partial charge >= 0.3 is 0 Å². The summed E-state index contributed by atoms with van der Waals surface area (Å²) < 4.78 is 5.73. The van der Waals surface area contributed by atoms with E-state index in [0.717, 1.165) is 26.3 Å². The first-order valence-corrected chi connectivity index (χ1v) is 7.09. The van der Waals surface area contributed by atoms with Gasteiger partial charge in [0.05, 0.1) is 6.61 Å². The Bertz CT molecular complexity index is 263. The van der Waals surface area contributed by atoms with Crippen molar-refractivity contribution in [1.82, 2.24) is 10.2 Å². The van der Waals surface area contributed by atoms with Gasteiger partial charge in [-0.3, -0.25) is 4.90 Å². The highest BCUT2D eigenvalue weighted by atomic mass is 16.5. The van der Waals surface area contributed by atoms with Crippen LogP contribution in [-0.2, 0) is 4.74 Å². The molecule has 0 aromatic rings. The molecule has 1 N–H and O–H groups in total. The number of nitrogens with zero attached hydrogens (tertiary/aromatic N) is 1. The first-order valence-electron chi connectivity index (χ1n) is 7.09. The Balaban J connectivity index is 2.11. The van der Waals surface area contributed by atoms with E-state index in [-0.39, 0.29) is 11.1 Å². The molecule has 2 heterocycles. The van der Waals surface area contributed by atoms with Crippen molar-refractivity contribution in [1.29, 1.82) is 0 Å². The molecule has 2 saturated heterocycles. The second-order valence-corrected chi connectivity index (χ2v) is 6.43. The van der Waals surface area contributed by atoms with Crippen LogP contribution < -0.4 is 5.32 Å². The normalized spacial score (nSPS) is 44.8. The minimum absolute atomic E-state index is 0.246. The van der Waals surface area contributed by atoms with Crippen molar-refractivity contribution in [2.75, 3.05) is 26.3 Å². The molecule has 2 aliphatic rings. The highest BCUT2D eigenvalue weighted by Crippen LogP contribution is 2.31. The van der Waals surface area contributed by atoms with Crippen LogP contribution in [0.25, 0.3) is 0 Å². The zero-order valence-electron chi connectivity index (χ0n) is 11.9. The SMILES string of the molecule is CCC1(C)CN(C2(C)CCCOC2)C(C)CN1. The third-order valence-corrected chi connectivity index (χ3v) is 4.77. The van der Waals surface area contributed by atoms with Crippen molar-refractivity contribution in [2.24, 2.45) is 0 Å². The van der Waals surface area contributed by atoms with Crippen molar-refractivity contribution < 1.29 is 4.74 Å². The van der Waals surface area contributed by atoms with Crippen molar-refractivity contribution >= 4 is 0 Å². The summed E-state index contributed by atoms with van der Waals surface area (Å²) in [6.45, 7) is 13.4. The average molecular weight is 240 g/mol. The predicted molar refractivity (Wildman–Crippen MR) is 71.3 cm³/mol. The third-order valence-electron chi connectivity index (χ3n) is 4.77. The molecule has 0 aliphatic carbocycles. The van der Waals surface area contributed by atoms with Gasteiger partial charge in [0, 0.05) is 36.8 Å². The third kappa shape index (κ3) is 2.67. The van der Waals surface area contributed by atoms with E-state index in [1.54, 1.807) is 0 Å². The van der Waals surface area contributed by atoms with Gasteiger partial charge in [0.2, 0.25) is 0 Å². The summed E-state index contributed by atoms with van der Waals surface area (Å²) in [7, 11) is 0. The highest BCUT2D eigenvalue weighted by molar-refractivity contribution is 5.00. The van der Waals surface area contributed by atoms with Crippen LogP contribution in [0.2, 0.25) is 0 Å². The van der Waals surface area contributed by atoms with E-state index in [1.807, 2.05) is 0 Å². The van der Waals surface area contributed by atoms with Crippen molar-refractivity contribution in [2.45, 2.75) is 64.1 Å². The smallest absolute Gasteiger partial charge is 0.0647 e. The molecular weight excluding hydrogens is 212 g/mol. The Morgan fingerprint density at radius 1 is 1.41 bits per heavy atom. The van der Waals surface area contributed by atoms with Gasteiger partial charge in [-0.25, -0.2) is 0 Å². The van der Waals surface area contributed by atoms with Gasteiger partial charge < -0.3 is 10.1 Å². The van der Waals surface area contributed by atoms with Crippen molar-refractivity contribution in [3.05, 3.63) is 0 Å². The molecule has 0 saturated carbocycles. The molecule has 2 aliphatic heterocycles. The Labute approximate surface area is 106 Å². The maximum absolute atomic E-state index is 5.73. The molecule has 3 unspecified atom stereocenters. The molecule has 3 nitrogen and oxygen atoms in total. The molecule has 0 spiro atoms. The Hall–Kier alpha value is -0.120. The van der Waals surface area contributed by atoms with Crippen LogP contribution in [0.5, 0.6) is 0 Å². The van der Waals surface area contributed by atoms with Crippen LogP contribution in [0, 0.1) is 0 Å². The van der Waals surface area contributed by atoms with Gasteiger partial charge in [0.15, 0.2) is 0 Å². The number of nitrogens with one attached hydrogen (secondary N) is 1. The van der Waals surface area contributed by atoms with Crippen LogP contribution in [0.4, 0.5) is 0 Å². The zero-order valence-corrected chi connectivity index (χ0v) is 11.9. The van der Waals surface area contributed by atoms with Gasteiger partial charge in [-0.1, -0.05) is 6.92 Å². The fraction of sp³-hybridized carbons (Fsp3) is 1.00. The molecule has 17 heavy (non-hydrogen) atoms. The average Bonchev–Trinajstić information content (AvgIpc) is 2.33. The topological polar surface area (TPSA) is 24.5 Å². The van der Waals surface area contributed by atoms with Crippen LogP contribution in [-0.4, -0.2) is 48.3 Å². The molecule has 0 radical (unpaired) electrons. The number of piperazine rings is 1. The predicted octanol–water partition coefficient (Wildman–Crippen LogP) is 2.02. The van der Waals surface area contributed by atoms with Crippen LogP contribution in [0.15, 0.2) is 0 Å². The van der Waals surface area contributed by atoms with Crippen LogP contribution >= 0.6 is 0 Å². The molecule has 3 heteroatoms. The Kier molecular flexibility index (Phi) is 3.81. The van der Waals surface area contributed by atoms with E-state index in [0.29, 0.717) is 6.04 Å². The fourth-order valence-corrected chi connectivity index (χ4v) is 3.20. The van der Waals surface area contributed by atoms with Gasteiger partial charge in [-0.15, -0.1) is 0 Å². The summed E-state index contributed by atoms with van der Waals surface area (Å²) in [6, 6.07) is 0.612. The summed E-state index contributed by atoms with van der Waals surface area (Å²) in [5.74, 6) is 0. The summed E-state index contributed by atoms with van der Waals surface area (Å²) in [6.07, 6.45) is 3.67. The lowest BCUT2D eigenvalue weighted by Gasteiger charge is -2.54. The maximum atomic E-state index is 5.73. The lowest BCUT2D eigenvalue weighted by molar-refractivity contribution is -0.0783. The summed E-state index contributed by atoms with van der Waals surface area (Å²) in [4.78, 5) is 2.69. The number of ether oxygens (including phenoxy) is 1. The van der Waals surface area contributed by atoms with E-state index in [2.05, 4.69) is 37.9 Å². The number of hydrogen-bond acceptors (Lipinski definition) is 3. The van der Waals surface area contributed by atoms with Gasteiger partial charge in [-0.2, -0.15) is 0 Å². The first kappa shape index (κ1) is 13.3. The zero-order chi connectivity index (χ0) is 12.5. The molecular formula is C14H28N2O. The van der Waals surface area contributed by atoms with Crippen molar-refractivity contribution in [3.63, 3.8) is 0 Å². The molecule has 0 amide bonds. The van der Waals surface area contributed by atoms with E-state index in [9.17, 15) is 0 Å². The molecule has 2 fully saturated rings. The molecule has 3 atom stereocenters. The lowest BCUT2D eigenvalue weighted by Crippen LogP contribution is -2.68. The van der Waals surface area contributed by atoms with E-state index in [1.165, 1.54) is 19.3 Å². The van der Waals surface area contributed by atoms with Gasteiger partial charge in [0.1, 0.15) is 0 Å². The van der Waals surface area contributed by atoms with E-state index in [4.69, 9.17) is 4.74 Å². The molecule has 100 valence electrons. The van der Waals surface area contributed by atoms with Crippen LogP contribution in [0.3, 0.4) is 0 Å². The second-order valence-electron chi connectivity index (χ2n) is 6.43. The lowest BCUT2D eigenvalue weighted by atomic mass is 9.85. The van der Waals surface area contributed by atoms with Crippen molar-refractivity contribution in [3.8, 4) is 0 Å². The summed E-state index contributed by atoms with van der Waals surface area (Å²) in [5, 5.41) is 3.70. The second kappa shape index (κ2) is 4.87. The van der Waals surface area contributed by atoms with E-state index < -0.39 is 0 Å². The largest absolute Gasteiger partial charge is 0.380 e. The maximum Gasteiger partial charge on any atom is 0.0647 e. The minimum Gasteiger partial charge on any atom is -0.380 e. The monoisotopic (exact) mass is 240 g/mol. The standard InChI is InChI=1S/C14H28N2O/c1-5-13(3)10-16(12(2)9-15-13)14(4)7-6-8-17-11-14/h12,15H,5-11H2,1-4H3. The minimum atomic E-state index is 0.246. The molecule has 0 bridgehead atoms. The molecule has 2 rings (SSSR count). The van der Waals surface area contributed by atoms with Gasteiger partial charge in [0.25, 0.3) is 0 Å². The molecule has 0 aromatic carbocycles.